The number of carbonyl (C=O) groups excluding carboxylic acids is 1. The average Bonchev–Trinajstić information content (AvgIpc) is 3.31. The summed E-state index contributed by atoms with van der Waals surface area (Å²) in [6.45, 7) is 16.2. The first-order chi connectivity index (χ1) is 43.3. The number of likely N-dealkylation sites (N-methyl/N-ethyl adjacent to an activating group) is 1. The molecule has 1 aromatic heterocycles. The minimum absolute atomic E-state index is 0.178. The molecule has 0 aliphatic carbocycles. The molecule has 9 rings (SSSR count). The predicted molar refractivity (Wildman–Crippen MR) is 364 cm³/mol. The van der Waals surface area contributed by atoms with Crippen LogP contribution in [0.3, 0.4) is 0 Å². The van der Waals surface area contributed by atoms with E-state index < -0.39 is 14.0 Å². The molecule has 1 heterocycles. The van der Waals surface area contributed by atoms with Crippen LogP contribution in [0.1, 0.15) is 59.1 Å². The molecule has 15 heteroatoms. The third-order valence-corrected chi connectivity index (χ3v) is 16.3. The molecule has 9 aromatic rings. The zero-order valence-electron chi connectivity index (χ0n) is 51.7. The fourth-order valence-electron chi connectivity index (χ4n) is 9.16. The lowest BCUT2D eigenvalue weighted by Crippen LogP contribution is -2.37. The highest BCUT2D eigenvalue weighted by Crippen LogP contribution is 2.34. The summed E-state index contributed by atoms with van der Waals surface area (Å²) in [4.78, 5) is 17.8. The number of nitrogens with one attached hydrogen (secondary N) is 3. The molecule has 0 bridgehead atoms. The van der Waals surface area contributed by atoms with Gasteiger partial charge in [0.1, 0.15) is 50.0 Å². The van der Waals surface area contributed by atoms with Crippen LogP contribution in [0.15, 0.2) is 237 Å². The molecule has 0 spiro atoms. The lowest BCUT2D eigenvalue weighted by atomic mass is 9.85. The molecular weight excluding hydrogens is 1110 g/mol. The van der Waals surface area contributed by atoms with Crippen LogP contribution < -0.4 is 63.3 Å². The molecule has 0 amide bonds. The molecule has 0 fully saturated rings. The molecule has 0 unspecified atom stereocenters. The van der Waals surface area contributed by atoms with Crippen LogP contribution in [0.5, 0.6) is 17.2 Å². The van der Waals surface area contributed by atoms with E-state index in [1.54, 1.807) is 6.20 Å². The van der Waals surface area contributed by atoms with E-state index in [1.165, 1.54) is 68.1 Å². The van der Waals surface area contributed by atoms with Gasteiger partial charge in [-0.25, -0.2) is 14.3 Å². The van der Waals surface area contributed by atoms with Crippen molar-refractivity contribution in [2.24, 2.45) is 17.2 Å². The maximum Gasteiger partial charge on any atom is 0.419 e. The van der Waals surface area contributed by atoms with Crippen molar-refractivity contribution in [3.05, 3.63) is 270 Å². The van der Waals surface area contributed by atoms with E-state index >= 15 is 0 Å². The molecule has 9 N–H and O–H groups in total. The number of hydrogen-bond donors (Lipinski definition) is 6. The molecule has 464 valence electrons. The number of nitrogens with zero attached hydrogens (tertiary/aromatic N) is 3. The van der Waals surface area contributed by atoms with Gasteiger partial charge in [-0.2, -0.15) is 0 Å². The highest BCUT2D eigenvalue weighted by molar-refractivity contribution is 7.79. The number of nitrogens with two attached hydrogens (primary N) is 3. The number of rotatable bonds is 31. The second kappa shape index (κ2) is 42.0. The first-order valence-corrected chi connectivity index (χ1v) is 31.9. The second-order valence-electron chi connectivity index (χ2n) is 20.6. The van der Waals surface area contributed by atoms with Gasteiger partial charge in [0.15, 0.2) is 0 Å². The van der Waals surface area contributed by atoms with Gasteiger partial charge in [-0.1, -0.05) is 201 Å². The normalized spacial score (nSPS) is 10.7. The standard InChI is InChI=1S/C39H33O2P.C19H18N2O3.C8H21N3.C7H20N4/c1-5-13-31(14-6-1)39(32-15-7-2-8-16-32)33-21-23-34(24-22-33)40-29-30-41-35-25-27-38(28-26-35)42(36-17-9-3-10-18-36)37-19-11-4-12-20-37;1-15-2-4-16(5-3-15)12-23-18-8-6-17(7-9-18)13-24-19(22)21-11-10-20-14-21;1-2-3-5-10-7-8-11-6-4-9;1-10-4-7-11(5-2-8)6-3-9/h1-28,39H,29-30H2;2-11,14H,12-13H2,1H3;10-11H,2-9H2,1H3;10H,2-9H2,1H3. The van der Waals surface area contributed by atoms with Crippen LogP contribution in [0, 0.1) is 6.92 Å². The van der Waals surface area contributed by atoms with Crippen LogP contribution in [0.4, 0.5) is 4.79 Å². The largest absolute Gasteiger partial charge is 0.490 e. The van der Waals surface area contributed by atoms with Gasteiger partial charge in [-0.05, 0) is 115 Å². The Bertz CT molecular complexity index is 2950. The first kappa shape index (κ1) is 69.1. The summed E-state index contributed by atoms with van der Waals surface area (Å²) in [5, 5.41) is 13.6. The lowest BCUT2D eigenvalue weighted by Gasteiger charge is -2.20. The quantitative estimate of drug-likeness (QED) is 0.0137. The summed E-state index contributed by atoms with van der Waals surface area (Å²) in [6, 6.07) is 75.5. The molecule has 0 aliphatic heterocycles. The number of benzene rings is 8. The number of unbranched alkanes of at least 4 members (excludes halogenated alkanes) is 1. The lowest BCUT2D eigenvalue weighted by molar-refractivity contribution is 0.141. The van der Waals surface area contributed by atoms with Crippen molar-refractivity contribution in [2.75, 3.05) is 92.3 Å². The van der Waals surface area contributed by atoms with Gasteiger partial charge in [-0.3, -0.25) is 4.90 Å². The maximum atomic E-state index is 11.7. The fraction of sp³-hybridized carbons (Fsp3) is 0.288. The molecule has 0 saturated carbocycles. The van der Waals surface area contributed by atoms with E-state index in [1.807, 2.05) is 31.3 Å². The number of ether oxygens (including phenoxy) is 4. The summed E-state index contributed by atoms with van der Waals surface area (Å²) in [7, 11) is 1.32. The summed E-state index contributed by atoms with van der Waals surface area (Å²) < 4.78 is 24.3. The summed E-state index contributed by atoms with van der Waals surface area (Å²) >= 11 is 0. The van der Waals surface area contributed by atoms with Crippen LogP contribution in [0.25, 0.3) is 0 Å². The van der Waals surface area contributed by atoms with Gasteiger partial charge in [0.2, 0.25) is 0 Å². The second-order valence-corrected chi connectivity index (χ2v) is 22.8. The van der Waals surface area contributed by atoms with Crippen molar-refractivity contribution < 1.29 is 23.7 Å². The zero-order valence-corrected chi connectivity index (χ0v) is 52.6. The van der Waals surface area contributed by atoms with Crippen molar-refractivity contribution in [2.45, 2.75) is 45.8 Å². The Morgan fingerprint density at radius 3 is 1.49 bits per heavy atom. The molecule has 0 aliphatic rings. The minimum Gasteiger partial charge on any atom is -0.490 e. The van der Waals surface area contributed by atoms with Gasteiger partial charge < -0.3 is 52.1 Å². The Kier molecular flexibility index (Phi) is 33.0. The number of aromatic nitrogens is 2. The summed E-state index contributed by atoms with van der Waals surface area (Å²) in [5.41, 5.74) is 23.2. The average molecular weight is 1210 g/mol. The van der Waals surface area contributed by atoms with E-state index in [4.69, 9.17) is 36.1 Å². The monoisotopic (exact) mass is 1210 g/mol. The van der Waals surface area contributed by atoms with Gasteiger partial charge in [0, 0.05) is 83.8 Å². The number of hydrogen-bond acceptors (Lipinski definition) is 13. The van der Waals surface area contributed by atoms with Crippen LogP contribution in [-0.4, -0.2) is 113 Å². The van der Waals surface area contributed by atoms with Gasteiger partial charge in [-0.15, -0.1) is 0 Å². The fourth-order valence-corrected chi connectivity index (χ4v) is 11.4. The van der Waals surface area contributed by atoms with Gasteiger partial charge in [0.05, 0.1) is 0 Å². The smallest absolute Gasteiger partial charge is 0.419 e. The predicted octanol–water partition coefficient (Wildman–Crippen LogP) is 10.4. The molecule has 88 heavy (non-hydrogen) atoms. The van der Waals surface area contributed by atoms with E-state index in [9.17, 15) is 4.79 Å². The van der Waals surface area contributed by atoms with Crippen LogP contribution >= 0.6 is 7.92 Å². The Labute approximate surface area is 524 Å². The highest BCUT2D eigenvalue weighted by Gasteiger charge is 2.18. The third kappa shape index (κ3) is 25.7. The third-order valence-electron chi connectivity index (χ3n) is 13.8. The number of imidazole rings is 1. The van der Waals surface area contributed by atoms with Gasteiger partial charge >= 0.3 is 6.09 Å². The van der Waals surface area contributed by atoms with Crippen LogP contribution in [0.2, 0.25) is 0 Å². The Balaban J connectivity index is 0.000000224. The molecular formula is C73H92N9O5P. The van der Waals surface area contributed by atoms with E-state index in [0.29, 0.717) is 32.9 Å². The molecule has 0 radical (unpaired) electrons. The number of carbonyl (C=O) groups is 1. The van der Waals surface area contributed by atoms with E-state index in [-0.39, 0.29) is 12.5 Å². The van der Waals surface area contributed by atoms with Crippen molar-refractivity contribution in [1.82, 2.24) is 30.4 Å². The molecule has 8 aromatic carbocycles. The minimum atomic E-state index is -0.623. The zero-order chi connectivity index (χ0) is 62.1. The Morgan fingerprint density at radius 1 is 0.523 bits per heavy atom. The molecule has 14 nitrogen and oxygen atoms in total. The maximum absolute atomic E-state index is 11.7. The van der Waals surface area contributed by atoms with Crippen LogP contribution in [-0.2, 0) is 18.0 Å². The Morgan fingerprint density at radius 2 is 0.989 bits per heavy atom. The van der Waals surface area contributed by atoms with Crippen molar-refractivity contribution in [1.29, 1.82) is 0 Å². The van der Waals surface area contributed by atoms with E-state index in [0.717, 1.165) is 87.3 Å². The molecule has 0 saturated heterocycles. The van der Waals surface area contributed by atoms with E-state index in [2.05, 4.69) is 234 Å². The van der Waals surface area contributed by atoms with Crippen molar-refractivity contribution >= 4 is 29.9 Å². The number of aryl methyl sites for hydroxylation is 1. The van der Waals surface area contributed by atoms with Crippen molar-refractivity contribution in [3.63, 3.8) is 0 Å². The Hall–Kier alpha value is -8.01. The first-order valence-electron chi connectivity index (χ1n) is 30.6. The summed E-state index contributed by atoms with van der Waals surface area (Å²) in [5.74, 6) is 2.65. The van der Waals surface area contributed by atoms with Crippen molar-refractivity contribution in [3.8, 4) is 17.2 Å². The summed E-state index contributed by atoms with van der Waals surface area (Å²) in [6.07, 6.45) is 6.57. The molecule has 0 atom stereocenters. The highest BCUT2D eigenvalue weighted by atomic mass is 31.1. The SMILES string of the molecule is CCCCNCCNCCN.CNCCN(CCN)CCN.Cc1ccc(COc2ccc(COC(=O)n3ccnc3)cc2)cc1.c1ccc(C(c2ccccc2)c2ccc(OCCOc3ccc(P(c4ccccc4)c4ccccc4)cc3)cc2)cc1. The topological polar surface area (TPSA) is 189 Å². The van der Waals surface area contributed by atoms with Gasteiger partial charge in [0.25, 0.3) is 0 Å².